The Morgan fingerprint density at radius 1 is 1.47 bits per heavy atom. The van der Waals surface area contributed by atoms with Crippen LogP contribution in [-0.2, 0) is 11.2 Å². The summed E-state index contributed by atoms with van der Waals surface area (Å²) in [6, 6.07) is 4.48. The average molecular weight is 305 g/mol. The van der Waals surface area contributed by atoms with Crippen molar-refractivity contribution in [3.63, 3.8) is 0 Å². The van der Waals surface area contributed by atoms with Crippen LogP contribution in [0.1, 0.15) is 25.3 Å². The molecule has 1 aromatic rings. The molecule has 0 fully saturated rings. The zero-order valence-electron chi connectivity index (χ0n) is 10.1. The van der Waals surface area contributed by atoms with E-state index in [1.165, 1.54) is 12.1 Å². The van der Waals surface area contributed by atoms with Crippen LogP contribution in [0, 0.1) is 5.82 Å². The average Bonchev–Trinajstić information content (AvgIpc) is 2.30. The first kappa shape index (κ1) is 14.6. The van der Waals surface area contributed by atoms with Gasteiger partial charge in [-0.2, -0.15) is 0 Å². The molecule has 1 N–H and O–H groups in total. The molecule has 2 atom stereocenters. The van der Waals surface area contributed by atoms with Crippen LogP contribution in [0.5, 0.6) is 0 Å². The molecule has 17 heavy (non-hydrogen) atoms. The fourth-order valence-corrected chi connectivity index (χ4v) is 2.22. The topological polar surface area (TPSA) is 29.5 Å². The first-order valence-electron chi connectivity index (χ1n) is 5.73. The van der Waals surface area contributed by atoms with Crippen LogP contribution in [-0.4, -0.2) is 24.4 Å². The highest BCUT2D eigenvalue weighted by atomic mass is 79.9. The maximum absolute atomic E-state index is 13.1. The van der Waals surface area contributed by atoms with Crippen LogP contribution in [0.25, 0.3) is 0 Å². The van der Waals surface area contributed by atoms with Gasteiger partial charge in [0.1, 0.15) is 5.82 Å². The van der Waals surface area contributed by atoms with Crippen molar-refractivity contribution in [1.29, 1.82) is 0 Å². The van der Waals surface area contributed by atoms with Gasteiger partial charge in [-0.1, -0.05) is 29.3 Å². The van der Waals surface area contributed by atoms with Gasteiger partial charge in [0.15, 0.2) is 0 Å². The number of methoxy groups -OCH3 is 1. The van der Waals surface area contributed by atoms with E-state index in [4.69, 9.17) is 4.74 Å². The molecule has 2 unspecified atom stereocenters. The monoisotopic (exact) mass is 304 g/mol. The molecule has 96 valence electrons. The Labute approximate surface area is 110 Å². The molecule has 0 aliphatic carbocycles. The molecule has 0 saturated carbocycles. The molecule has 0 amide bonds. The second kappa shape index (κ2) is 7.09. The summed E-state index contributed by atoms with van der Waals surface area (Å²) in [5.74, 6) is -0.292. The van der Waals surface area contributed by atoms with Crippen LogP contribution in [0.15, 0.2) is 22.7 Å². The standard InChI is InChI=1S/C13H18BrFO2/c1-3-4-13(17-2)12(16)8-9-7-10(15)5-6-11(9)14/h5-7,12-13,16H,3-4,8H2,1-2H3. The van der Waals surface area contributed by atoms with Crippen LogP contribution in [0.4, 0.5) is 4.39 Å². The maximum Gasteiger partial charge on any atom is 0.123 e. The van der Waals surface area contributed by atoms with Crippen LogP contribution in [0.3, 0.4) is 0 Å². The van der Waals surface area contributed by atoms with Crippen molar-refractivity contribution in [3.05, 3.63) is 34.1 Å². The first-order valence-corrected chi connectivity index (χ1v) is 6.52. The van der Waals surface area contributed by atoms with Crippen molar-refractivity contribution >= 4 is 15.9 Å². The van der Waals surface area contributed by atoms with E-state index < -0.39 is 6.10 Å². The summed E-state index contributed by atoms with van der Waals surface area (Å²) in [5.41, 5.74) is 0.760. The van der Waals surface area contributed by atoms with Crippen LogP contribution in [0.2, 0.25) is 0 Å². The Balaban J connectivity index is 2.72. The van der Waals surface area contributed by atoms with Crippen molar-refractivity contribution in [2.24, 2.45) is 0 Å². The van der Waals surface area contributed by atoms with Gasteiger partial charge in [-0.15, -0.1) is 0 Å². The number of rotatable bonds is 6. The van der Waals surface area contributed by atoms with E-state index >= 15 is 0 Å². The van der Waals surface area contributed by atoms with Gasteiger partial charge in [-0.05, 0) is 30.2 Å². The Hall–Kier alpha value is -0.450. The van der Waals surface area contributed by atoms with E-state index in [-0.39, 0.29) is 11.9 Å². The third-order valence-corrected chi connectivity index (χ3v) is 3.52. The van der Waals surface area contributed by atoms with E-state index in [0.717, 1.165) is 22.9 Å². The molecular formula is C13H18BrFO2. The summed E-state index contributed by atoms with van der Waals surface area (Å²) in [7, 11) is 1.59. The summed E-state index contributed by atoms with van der Waals surface area (Å²) in [6.07, 6.45) is 1.31. The van der Waals surface area contributed by atoms with Crippen molar-refractivity contribution in [3.8, 4) is 0 Å². The molecule has 0 saturated heterocycles. The van der Waals surface area contributed by atoms with E-state index in [1.54, 1.807) is 13.2 Å². The highest BCUT2D eigenvalue weighted by molar-refractivity contribution is 9.10. The third-order valence-electron chi connectivity index (χ3n) is 2.74. The lowest BCUT2D eigenvalue weighted by Gasteiger charge is -2.21. The predicted octanol–water partition coefficient (Wildman–Crippen LogP) is 3.31. The molecule has 1 aromatic carbocycles. The largest absolute Gasteiger partial charge is 0.390 e. The number of aliphatic hydroxyl groups is 1. The lowest BCUT2D eigenvalue weighted by atomic mass is 10.0. The van der Waals surface area contributed by atoms with Crippen molar-refractivity contribution in [2.75, 3.05) is 7.11 Å². The van der Waals surface area contributed by atoms with Crippen molar-refractivity contribution < 1.29 is 14.2 Å². The second-order valence-corrected chi connectivity index (χ2v) is 4.92. The summed E-state index contributed by atoms with van der Waals surface area (Å²) in [5, 5.41) is 10.0. The molecular weight excluding hydrogens is 287 g/mol. The van der Waals surface area contributed by atoms with Crippen LogP contribution < -0.4 is 0 Å². The molecule has 1 rings (SSSR count). The highest BCUT2D eigenvalue weighted by Crippen LogP contribution is 2.21. The summed E-state index contributed by atoms with van der Waals surface area (Å²) >= 11 is 3.35. The lowest BCUT2D eigenvalue weighted by molar-refractivity contribution is -0.0160. The number of ether oxygens (including phenoxy) is 1. The molecule has 0 aromatic heterocycles. The van der Waals surface area contributed by atoms with Gasteiger partial charge in [0.05, 0.1) is 12.2 Å². The Kier molecular flexibility index (Phi) is 6.09. The second-order valence-electron chi connectivity index (χ2n) is 4.07. The molecule has 0 spiro atoms. The number of hydrogen-bond acceptors (Lipinski definition) is 2. The molecule has 0 aliphatic rings. The lowest BCUT2D eigenvalue weighted by Crippen LogP contribution is -2.30. The van der Waals surface area contributed by atoms with E-state index in [9.17, 15) is 9.50 Å². The van der Waals surface area contributed by atoms with Gasteiger partial charge in [0, 0.05) is 18.0 Å². The Morgan fingerprint density at radius 2 is 2.18 bits per heavy atom. The number of hydrogen-bond donors (Lipinski definition) is 1. The Morgan fingerprint density at radius 3 is 2.76 bits per heavy atom. The van der Waals surface area contributed by atoms with E-state index in [1.807, 2.05) is 6.92 Å². The predicted molar refractivity (Wildman–Crippen MR) is 69.5 cm³/mol. The van der Waals surface area contributed by atoms with Crippen molar-refractivity contribution in [2.45, 2.75) is 38.4 Å². The summed E-state index contributed by atoms with van der Waals surface area (Å²) in [6.45, 7) is 2.04. The quantitative estimate of drug-likeness (QED) is 0.874. The highest BCUT2D eigenvalue weighted by Gasteiger charge is 2.19. The van der Waals surface area contributed by atoms with Crippen LogP contribution >= 0.6 is 15.9 Å². The van der Waals surface area contributed by atoms with Gasteiger partial charge in [-0.25, -0.2) is 4.39 Å². The summed E-state index contributed by atoms with van der Waals surface area (Å²) in [4.78, 5) is 0. The van der Waals surface area contributed by atoms with E-state index in [2.05, 4.69) is 15.9 Å². The number of benzene rings is 1. The van der Waals surface area contributed by atoms with Gasteiger partial charge >= 0.3 is 0 Å². The van der Waals surface area contributed by atoms with Gasteiger partial charge in [-0.3, -0.25) is 0 Å². The minimum absolute atomic E-state index is 0.199. The minimum Gasteiger partial charge on any atom is -0.390 e. The maximum atomic E-state index is 13.1. The van der Waals surface area contributed by atoms with Gasteiger partial charge < -0.3 is 9.84 Å². The zero-order valence-corrected chi connectivity index (χ0v) is 11.7. The fraction of sp³-hybridized carbons (Fsp3) is 0.538. The molecule has 2 nitrogen and oxygen atoms in total. The van der Waals surface area contributed by atoms with E-state index in [0.29, 0.717) is 6.42 Å². The minimum atomic E-state index is -0.613. The molecule has 0 aliphatic heterocycles. The van der Waals surface area contributed by atoms with Gasteiger partial charge in [0.2, 0.25) is 0 Å². The summed E-state index contributed by atoms with van der Waals surface area (Å²) < 4.78 is 19.1. The SMILES string of the molecule is CCCC(OC)C(O)Cc1cc(F)ccc1Br. The molecule has 4 heteroatoms. The number of halogens is 2. The first-order chi connectivity index (χ1) is 8.08. The Bertz CT molecular complexity index is 357. The van der Waals surface area contributed by atoms with Gasteiger partial charge in [0.25, 0.3) is 0 Å². The zero-order chi connectivity index (χ0) is 12.8. The molecule has 0 heterocycles. The third kappa shape index (κ3) is 4.37. The smallest absolute Gasteiger partial charge is 0.123 e. The normalized spacial score (nSPS) is 14.6. The number of aliphatic hydroxyl groups excluding tert-OH is 1. The molecule has 0 radical (unpaired) electrons. The molecule has 0 bridgehead atoms. The fourth-order valence-electron chi connectivity index (χ4n) is 1.81. The van der Waals surface area contributed by atoms with Crippen molar-refractivity contribution in [1.82, 2.24) is 0 Å².